The summed E-state index contributed by atoms with van der Waals surface area (Å²) in [5.74, 6) is 1.57. The van der Waals surface area contributed by atoms with Crippen LogP contribution in [0.5, 0.6) is 0 Å². The topological polar surface area (TPSA) is 48.7 Å². The number of carbonyl (C=O) groups excluding carboxylic acids is 1. The lowest BCUT2D eigenvalue weighted by atomic mass is 9.93. The minimum absolute atomic E-state index is 0.209. The highest BCUT2D eigenvalue weighted by Gasteiger charge is 2.33. The Bertz CT molecular complexity index is 533. The van der Waals surface area contributed by atoms with Gasteiger partial charge in [-0.25, -0.2) is 0 Å². The molecule has 1 aliphatic carbocycles. The van der Waals surface area contributed by atoms with Crippen molar-refractivity contribution in [3.05, 3.63) is 24.2 Å². The fourth-order valence-corrected chi connectivity index (χ4v) is 4.16. The number of nitrogens with zero attached hydrogens (tertiary/aromatic N) is 2. The lowest BCUT2D eigenvalue weighted by molar-refractivity contribution is -0.127. The highest BCUT2D eigenvalue weighted by molar-refractivity contribution is 5.79. The van der Waals surface area contributed by atoms with Gasteiger partial charge in [-0.15, -0.1) is 0 Å². The summed E-state index contributed by atoms with van der Waals surface area (Å²) in [5, 5.41) is 3.19. The fraction of sp³-hybridized carbons (Fsp3) is 0.737. The van der Waals surface area contributed by atoms with E-state index < -0.39 is 0 Å². The normalized spacial score (nSPS) is 27.2. The van der Waals surface area contributed by atoms with Crippen LogP contribution < -0.4 is 5.32 Å². The summed E-state index contributed by atoms with van der Waals surface area (Å²) in [5.41, 5.74) is 0. The number of nitrogens with one attached hydrogen (secondary N) is 1. The van der Waals surface area contributed by atoms with Crippen molar-refractivity contribution in [1.29, 1.82) is 0 Å². The number of piperidine rings is 2. The van der Waals surface area contributed by atoms with E-state index in [0.29, 0.717) is 18.0 Å². The van der Waals surface area contributed by atoms with Crippen LogP contribution in [-0.2, 0) is 11.3 Å². The first kappa shape index (κ1) is 16.2. The Balaban J connectivity index is 1.24. The first-order valence-corrected chi connectivity index (χ1v) is 9.57. The van der Waals surface area contributed by atoms with E-state index in [1.807, 2.05) is 6.07 Å². The van der Waals surface area contributed by atoms with E-state index in [1.165, 1.54) is 25.7 Å². The number of carbonyl (C=O) groups is 1. The average molecular weight is 331 g/mol. The third-order valence-corrected chi connectivity index (χ3v) is 5.78. The molecule has 5 nitrogen and oxygen atoms in total. The molecule has 1 atom stereocenters. The Morgan fingerprint density at radius 2 is 2.00 bits per heavy atom. The van der Waals surface area contributed by atoms with Crippen molar-refractivity contribution in [2.75, 3.05) is 26.2 Å². The van der Waals surface area contributed by atoms with Crippen LogP contribution in [0, 0.1) is 5.92 Å². The van der Waals surface area contributed by atoms with Gasteiger partial charge in [-0.3, -0.25) is 14.6 Å². The Labute approximate surface area is 144 Å². The molecule has 1 aromatic heterocycles. The van der Waals surface area contributed by atoms with E-state index in [2.05, 4.69) is 21.2 Å². The molecule has 3 fully saturated rings. The second kappa shape index (κ2) is 7.28. The number of hydrogen-bond acceptors (Lipinski definition) is 4. The van der Waals surface area contributed by atoms with Gasteiger partial charge in [0.2, 0.25) is 5.91 Å². The maximum absolute atomic E-state index is 12.4. The molecule has 3 heterocycles. The van der Waals surface area contributed by atoms with Crippen LogP contribution >= 0.6 is 0 Å². The minimum Gasteiger partial charge on any atom is -0.468 e. The zero-order valence-electron chi connectivity index (χ0n) is 14.5. The molecule has 1 amide bonds. The molecule has 0 aromatic carbocycles. The summed E-state index contributed by atoms with van der Waals surface area (Å²) in [6.45, 7) is 5.30. The average Bonchev–Trinajstić information content (AvgIpc) is 3.28. The van der Waals surface area contributed by atoms with E-state index in [0.717, 1.165) is 51.3 Å². The van der Waals surface area contributed by atoms with Crippen molar-refractivity contribution in [3.8, 4) is 0 Å². The predicted molar refractivity (Wildman–Crippen MR) is 92.5 cm³/mol. The number of furan rings is 1. The molecular formula is C19H29N3O2. The molecule has 2 aliphatic heterocycles. The molecule has 3 aliphatic rings. The molecule has 5 heteroatoms. The summed E-state index contributed by atoms with van der Waals surface area (Å²) in [4.78, 5) is 17.4. The third kappa shape index (κ3) is 4.01. The molecule has 0 radical (unpaired) electrons. The van der Waals surface area contributed by atoms with Gasteiger partial charge in [0.15, 0.2) is 0 Å². The quantitative estimate of drug-likeness (QED) is 0.899. The maximum atomic E-state index is 12.4. The van der Waals surface area contributed by atoms with Gasteiger partial charge in [0.25, 0.3) is 0 Å². The maximum Gasteiger partial charge on any atom is 0.224 e. The van der Waals surface area contributed by atoms with E-state index >= 15 is 0 Å². The van der Waals surface area contributed by atoms with Gasteiger partial charge in [-0.2, -0.15) is 0 Å². The van der Waals surface area contributed by atoms with Crippen molar-refractivity contribution in [3.63, 3.8) is 0 Å². The molecule has 1 saturated carbocycles. The van der Waals surface area contributed by atoms with Gasteiger partial charge in [-0.1, -0.05) is 0 Å². The summed E-state index contributed by atoms with van der Waals surface area (Å²) in [7, 11) is 0. The zero-order chi connectivity index (χ0) is 16.4. The monoisotopic (exact) mass is 331 g/mol. The van der Waals surface area contributed by atoms with E-state index in [9.17, 15) is 4.79 Å². The van der Waals surface area contributed by atoms with Gasteiger partial charge in [0.1, 0.15) is 5.76 Å². The highest BCUT2D eigenvalue weighted by atomic mass is 16.3. The van der Waals surface area contributed by atoms with E-state index in [1.54, 1.807) is 6.26 Å². The summed E-state index contributed by atoms with van der Waals surface area (Å²) in [6.07, 6.45) is 8.74. The van der Waals surface area contributed by atoms with Crippen molar-refractivity contribution >= 4 is 5.91 Å². The Hall–Kier alpha value is -1.33. The summed E-state index contributed by atoms with van der Waals surface area (Å²) < 4.78 is 5.46. The zero-order valence-corrected chi connectivity index (χ0v) is 14.5. The van der Waals surface area contributed by atoms with Gasteiger partial charge in [-0.05, 0) is 57.2 Å². The second-order valence-electron chi connectivity index (χ2n) is 7.70. The van der Waals surface area contributed by atoms with Gasteiger partial charge < -0.3 is 9.73 Å². The molecule has 2 saturated heterocycles. The molecule has 1 aromatic rings. The molecule has 0 bridgehead atoms. The molecular weight excluding hydrogens is 302 g/mol. The van der Waals surface area contributed by atoms with Crippen molar-refractivity contribution in [2.24, 2.45) is 5.92 Å². The van der Waals surface area contributed by atoms with E-state index in [4.69, 9.17) is 4.42 Å². The molecule has 24 heavy (non-hydrogen) atoms. The summed E-state index contributed by atoms with van der Waals surface area (Å²) >= 11 is 0. The first-order valence-electron chi connectivity index (χ1n) is 9.57. The lowest BCUT2D eigenvalue weighted by Crippen LogP contribution is -2.50. The number of likely N-dealkylation sites (tertiary alicyclic amines) is 2. The van der Waals surface area contributed by atoms with Crippen LogP contribution in [0.1, 0.15) is 44.3 Å². The number of hydrogen-bond donors (Lipinski definition) is 1. The van der Waals surface area contributed by atoms with E-state index in [-0.39, 0.29) is 5.92 Å². The van der Waals surface area contributed by atoms with Crippen LogP contribution in [0.15, 0.2) is 22.8 Å². The highest BCUT2D eigenvalue weighted by Crippen LogP contribution is 2.26. The van der Waals surface area contributed by atoms with Crippen LogP contribution in [0.2, 0.25) is 0 Å². The van der Waals surface area contributed by atoms with Crippen LogP contribution in [0.3, 0.4) is 0 Å². The number of rotatable bonds is 5. The Morgan fingerprint density at radius 3 is 2.71 bits per heavy atom. The SMILES string of the molecule is O=C(NC1CC1)[C@H]1CCCN(C2CCN(Cc3ccco3)CC2)C1. The molecule has 1 N–H and O–H groups in total. The first-order chi connectivity index (χ1) is 11.8. The fourth-order valence-electron chi connectivity index (χ4n) is 4.16. The van der Waals surface area contributed by atoms with Gasteiger partial charge >= 0.3 is 0 Å². The van der Waals surface area contributed by atoms with Gasteiger partial charge in [0.05, 0.1) is 18.7 Å². The van der Waals surface area contributed by atoms with Crippen molar-refractivity contribution in [1.82, 2.24) is 15.1 Å². The van der Waals surface area contributed by atoms with Crippen molar-refractivity contribution in [2.45, 2.75) is 57.2 Å². The smallest absolute Gasteiger partial charge is 0.224 e. The third-order valence-electron chi connectivity index (χ3n) is 5.78. The lowest BCUT2D eigenvalue weighted by Gasteiger charge is -2.41. The number of amides is 1. The molecule has 132 valence electrons. The molecule has 4 rings (SSSR count). The molecule has 0 spiro atoms. The molecule has 0 unspecified atom stereocenters. The second-order valence-corrected chi connectivity index (χ2v) is 7.70. The van der Waals surface area contributed by atoms with Crippen LogP contribution in [0.25, 0.3) is 0 Å². The van der Waals surface area contributed by atoms with Crippen LogP contribution in [0.4, 0.5) is 0 Å². The Kier molecular flexibility index (Phi) is 4.90. The van der Waals surface area contributed by atoms with Gasteiger partial charge in [0, 0.05) is 31.7 Å². The van der Waals surface area contributed by atoms with Crippen LogP contribution in [-0.4, -0.2) is 54.0 Å². The standard InChI is InChI=1S/C19H29N3O2/c23-19(20-16-5-6-16)15-3-1-9-22(13-15)17-7-10-21(11-8-17)14-18-4-2-12-24-18/h2,4,12,15-17H,1,3,5-11,13-14H2,(H,20,23)/t15-/m0/s1. The largest absolute Gasteiger partial charge is 0.468 e. The minimum atomic E-state index is 0.209. The predicted octanol–water partition coefficient (Wildman–Crippen LogP) is 2.23. The van der Waals surface area contributed by atoms with Crippen molar-refractivity contribution < 1.29 is 9.21 Å². The Morgan fingerprint density at radius 1 is 1.17 bits per heavy atom. The summed E-state index contributed by atoms with van der Waals surface area (Å²) in [6, 6.07) is 5.15.